The van der Waals surface area contributed by atoms with Crippen LogP contribution in [-0.4, -0.2) is 13.4 Å². The summed E-state index contributed by atoms with van der Waals surface area (Å²) in [6, 6.07) is 6.56. The molecule has 2 rings (SSSR count). The smallest absolute Gasteiger partial charge is 0.262 e. The van der Waals surface area contributed by atoms with Crippen LogP contribution < -0.4 is 4.72 Å². The highest BCUT2D eigenvalue weighted by Crippen LogP contribution is 2.30. The molecule has 0 aliphatic carbocycles. The van der Waals surface area contributed by atoms with Crippen LogP contribution in [0.2, 0.25) is 10.3 Å². The first-order valence-corrected chi connectivity index (χ1v) is 8.85. The van der Waals surface area contributed by atoms with E-state index in [-0.39, 0.29) is 20.9 Å². The van der Waals surface area contributed by atoms with Gasteiger partial charge in [0.1, 0.15) is 5.15 Å². The third-order valence-corrected chi connectivity index (χ3v) is 5.27. The molecule has 21 heavy (non-hydrogen) atoms. The lowest BCUT2D eigenvalue weighted by molar-refractivity contribution is 0.600. The van der Waals surface area contributed by atoms with E-state index >= 15 is 0 Å². The highest BCUT2D eigenvalue weighted by molar-refractivity contribution is 9.10. The van der Waals surface area contributed by atoms with Gasteiger partial charge in [0.05, 0.1) is 10.6 Å². The number of aryl methyl sites for hydroxylation is 2. The molecule has 0 unspecified atom stereocenters. The molecule has 0 saturated carbocycles. The largest absolute Gasteiger partial charge is 0.276 e. The van der Waals surface area contributed by atoms with E-state index < -0.39 is 10.0 Å². The summed E-state index contributed by atoms with van der Waals surface area (Å²) in [6.07, 6.45) is 0. The summed E-state index contributed by atoms with van der Waals surface area (Å²) in [6.45, 7) is 3.42. The average Bonchev–Trinajstić information content (AvgIpc) is 2.36. The summed E-state index contributed by atoms with van der Waals surface area (Å²) in [5, 5.41) is 0.218. The molecule has 0 amide bonds. The van der Waals surface area contributed by atoms with E-state index in [4.69, 9.17) is 23.2 Å². The summed E-state index contributed by atoms with van der Waals surface area (Å²) in [5.41, 5.74) is 1.44. The molecule has 1 N–H and O–H groups in total. The number of halogens is 3. The fourth-order valence-corrected chi connectivity index (χ4v) is 4.33. The van der Waals surface area contributed by atoms with Gasteiger partial charge in [-0.2, -0.15) is 0 Å². The Balaban J connectivity index is 2.50. The summed E-state index contributed by atoms with van der Waals surface area (Å²) in [4.78, 5) is 4.02. The number of rotatable bonds is 3. The second-order valence-electron chi connectivity index (χ2n) is 4.44. The zero-order chi connectivity index (χ0) is 15.8. The van der Waals surface area contributed by atoms with Crippen molar-refractivity contribution in [3.63, 3.8) is 0 Å². The van der Waals surface area contributed by atoms with Gasteiger partial charge < -0.3 is 0 Å². The molecule has 0 atom stereocenters. The Bertz CT molecular complexity index is 787. The van der Waals surface area contributed by atoms with Crippen LogP contribution in [0.5, 0.6) is 0 Å². The number of hydrogen-bond donors (Lipinski definition) is 1. The van der Waals surface area contributed by atoms with E-state index in [9.17, 15) is 8.42 Å². The maximum atomic E-state index is 12.5. The van der Waals surface area contributed by atoms with Crippen LogP contribution in [0.1, 0.15) is 11.1 Å². The minimum atomic E-state index is -3.77. The van der Waals surface area contributed by atoms with Crippen LogP contribution in [0.15, 0.2) is 33.6 Å². The van der Waals surface area contributed by atoms with Crippen molar-refractivity contribution in [2.75, 3.05) is 4.72 Å². The number of hydrogen-bond acceptors (Lipinski definition) is 3. The zero-order valence-electron chi connectivity index (χ0n) is 11.1. The van der Waals surface area contributed by atoms with Gasteiger partial charge in [-0.05, 0) is 43.2 Å². The first-order valence-electron chi connectivity index (χ1n) is 5.82. The van der Waals surface area contributed by atoms with Crippen LogP contribution >= 0.6 is 39.1 Å². The number of nitrogens with zero attached hydrogens (tertiary/aromatic N) is 1. The van der Waals surface area contributed by atoms with Crippen molar-refractivity contribution in [3.8, 4) is 0 Å². The molecule has 1 aromatic carbocycles. The zero-order valence-corrected chi connectivity index (χ0v) is 15.0. The van der Waals surface area contributed by atoms with Crippen molar-refractivity contribution in [1.29, 1.82) is 0 Å². The van der Waals surface area contributed by atoms with E-state index in [1.807, 2.05) is 0 Å². The minimum Gasteiger partial charge on any atom is -0.276 e. The van der Waals surface area contributed by atoms with Crippen molar-refractivity contribution in [2.45, 2.75) is 18.7 Å². The molecule has 112 valence electrons. The summed E-state index contributed by atoms with van der Waals surface area (Å²) in [7, 11) is -3.77. The quantitative estimate of drug-likeness (QED) is 0.755. The van der Waals surface area contributed by atoms with E-state index in [1.54, 1.807) is 32.0 Å². The molecule has 4 nitrogen and oxygen atoms in total. The second kappa shape index (κ2) is 6.12. The topological polar surface area (TPSA) is 59.1 Å². The molecule has 2 aromatic rings. The van der Waals surface area contributed by atoms with Gasteiger partial charge in [0.2, 0.25) is 0 Å². The van der Waals surface area contributed by atoms with Gasteiger partial charge >= 0.3 is 0 Å². The summed E-state index contributed by atoms with van der Waals surface area (Å²) < 4.78 is 28.2. The molecule has 0 aliphatic rings. The van der Waals surface area contributed by atoms with Gasteiger partial charge in [-0.3, -0.25) is 4.72 Å². The molecular weight excluding hydrogens is 399 g/mol. The fourth-order valence-electron chi connectivity index (χ4n) is 1.77. The number of aromatic nitrogens is 1. The predicted molar refractivity (Wildman–Crippen MR) is 88.7 cm³/mol. The first kappa shape index (κ1) is 16.5. The van der Waals surface area contributed by atoms with Crippen LogP contribution in [0.25, 0.3) is 0 Å². The number of benzene rings is 1. The van der Waals surface area contributed by atoms with Crippen molar-refractivity contribution in [3.05, 3.63) is 50.2 Å². The van der Waals surface area contributed by atoms with Gasteiger partial charge in [0.25, 0.3) is 10.0 Å². The van der Waals surface area contributed by atoms with Gasteiger partial charge in [-0.15, -0.1) is 0 Å². The predicted octanol–water partition coefficient (Wildman–Crippen LogP) is 4.57. The lowest BCUT2D eigenvalue weighted by Gasteiger charge is -2.13. The Morgan fingerprint density at radius 2 is 1.81 bits per heavy atom. The fraction of sp³-hybridized carbons (Fsp3) is 0.154. The molecule has 0 spiro atoms. The highest BCUT2D eigenvalue weighted by Gasteiger charge is 2.20. The standard InChI is InChI=1S/C13H11BrCl2N2O2S/c1-7-3-4-9(14)6-10(7)21(19,20)18-12-8(2)5-11(15)17-13(12)16/h3-6,18H,1-2H3. The number of nitrogens with one attached hydrogen (secondary N) is 1. The number of sulfonamides is 1. The lowest BCUT2D eigenvalue weighted by atomic mass is 10.2. The van der Waals surface area contributed by atoms with Crippen LogP contribution in [-0.2, 0) is 10.0 Å². The first-order chi connectivity index (χ1) is 9.70. The second-order valence-corrected chi connectivity index (χ2v) is 7.75. The Morgan fingerprint density at radius 3 is 2.43 bits per heavy atom. The molecule has 0 fully saturated rings. The molecule has 0 saturated heterocycles. The van der Waals surface area contributed by atoms with E-state index in [1.165, 1.54) is 6.07 Å². The van der Waals surface area contributed by atoms with Gasteiger partial charge in [0.15, 0.2) is 5.15 Å². The van der Waals surface area contributed by atoms with Gasteiger partial charge in [0, 0.05) is 4.47 Å². The molecule has 1 heterocycles. The SMILES string of the molecule is Cc1ccc(Br)cc1S(=O)(=O)Nc1c(C)cc(Cl)nc1Cl. The molecule has 0 radical (unpaired) electrons. The maximum Gasteiger partial charge on any atom is 0.262 e. The Labute approximate surface area is 141 Å². The van der Waals surface area contributed by atoms with E-state index in [0.717, 1.165) is 0 Å². The summed E-state index contributed by atoms with van der Waals surface area (Å²) >= 11 is 15.0. The lowest BCUT2D eigenvalue weighted by Crippen LogP contribution is -2.15. The third kappa shape index (κ3) is 3.69. The van der Waals surface area contributed by atoms with Gasteiger partial charge in [-0.25, -0.2) is 13.4 Å². The number of anilines is 1. The van der Waals surface area contributed by atoms with Crippen molar-refractivity contribution in [2.24, 2.45) is 0 Å². The molecular formula is C13H11BrCl2N2O2S. The molecule has 1 aromatic heterocycles. The van der Waals surface area contributed by atoms with E-state index in [0.29, 0.717) is 15.6 Å². The van der Waals surface area contributed by atoms with Crippen LogP contribution in [0, 0.1) is 13.8 Å². The van der Waals surface area contributed by atoms with Gasteiger partial charge in [-0.1, -0.05) is 45.2 Å². The van der Waals surface area contributed by atoms with Crippen LogP contribution in [0.4, 0.5) is 5.69 Å². The monoisotopic (exact) mass is 408 g/mol. The highest BCUT2D eigenvalue weighted by atomic mass is 79.9. The molecule has 8 heteroatoms. The number of pyridine rings is 1. The normalized spacial score (nSPS) is 11.5. The third-order valence-electron chi connectivity index (χ3n) is 2.82. The Hall–Kier alpha value is -0.820. The maximum absolute atomic E-state index is 12.5. The van der Waals surface area contributed by atoms with Crippen molar-refractivity contribution >= 4 is 54.8 Å². The Morgan fingerprint density at radius 1 is 1.14 bits per heavy atom. The molecule has 0 aliphatic heterocycles. The van der Waals surface area contributed by atoms with Crippen molar-refractivity contribution < 1.29 is 8.42 Å². The van der Waals surface area contributed by atoms with Crippen molar-refractivity contribution in [1.82, 2.24) is 4.98 Å². The minimum absolute atomic E-state index is 0.0104. The van der Waals surface area contributed by atoms with E-state index in [2.05, 4.69) is 25.6 Å². The summed E-state index contributed by atoms with van der Waals surface area (Å²) in [5.74, 6) is 0. The molecule has 0 bridgehead atoms. The Kier molecular flexibility index (Phi) is 4.82. The van der Waals surface area contributed by atoms with Crippen LogP contribution in [0.3, 0.4) is 0 Å². The average molecular weight is 410 g/mol.